The number of halogens is 1. The van der Waals surface area contributed by atoms with Gasteiger partial charge < -0.3 is 9.63 Å². The van der Waals surface area contributed by atoms with E-state index >= 15 is 0 Å². The Morgan fingerprint density at radius 2 is 2.33 bits per heavy atom. The molecule has 5 heteroatoms. The molecule has 1 unspecified atom stereocenters. The molecule has 1 heterocycles. The van der Waals surface area contributed by atoms with Crippen LogP contribution in [-0.2, 0) is 0 Å². The van der Waals surface area contributed by atoms with Gasteiger partial charge in [-0.3, -0.25) is 0 Å². The summed E-state index contributed by atoms with van der Waals surface area (Å²) in [6.45, 7) is 1.32. The number of carboxylic acids is 1. The number of aromatic carboxylic acids is 1. The van der Waals surface area contributed by atoms with E-state index in [0.717, 1.165) is 0 Å². The summed E-state index contributed by atoms with van der Waals surface area (Å²) < 4.78 is 17.9. The standard InChI is InChI=1S/C10H8FNO3/c1-5(11)9-7-4-6(10(13)14)2-3-8(7)15-12-9/h2-5H,1H3,(H,13,14). The van der Waals surface area contributed by atoms with Crippen LogP contribution in [0.25, 0.3) is 11.0 Å². The summed E-state index contributed by atoms with van der Waals surface area (Å²) in [5.74, 6) is -1.06. The van der Waals surface area contributed by atoms with Gasteiger partial charge >= 0.3 is 5.97 Å². The van der Waals surface area contributed by atoms with Gasteiger partial charge in [-0.2, -0.15) is 0 Å². The highest BCUT2D eigenvalue weighted by Gasteiger charge is 2.15. The van der Waals surface area contributed by atoms with E-state index in [2.05, 4.69) is 5.16 Å². The largest absolute Gasteiger partial charge is 0.478 e. The first-order valence-electron chi connectivity index (χ1n) is 4.36. The van der Waals surface area contributed by atoms with Crippen LogP contribution >= 0.6 is 0 Å². The fourth-order valence-corrected chi connectivity index (χ4v) is 1.38. The van der Waals surface area contributed by atoms with E-state index in [9.17, 15) is 9.18 Å². The van der Waals surface area contributed by atoms with Crippen LogP contribution < -0.4 is 0 Å². The summed E-state index contributed by atoms with van der Waals surface area (Å²) in [6.07, 6.45) is -1.28. The quantitative estimate of drug-likeness (QED) is 0.825. The van der Waals surface area contributed by atoms with E-state index in [4.69, 9.17) is 9.63 Å². The van der Waals surface area contributed by atoms with Gasteiger partial charge in [-0.05, 0) is 25.1 Å². The lowest BCUT2D eigenvalue weighted by Gasteiger charge is -1.96. The van der Waals surface area contributed by atoms with Gasteiger partial charge in [0.25, 0.3) is 0 Å². The summed E-state index contributed by atoms with van der Waals surface area (Å²) in [6, 6.07) is 4.22. The van der Waals surface area contributed by atoms with Gasteiger partial charge in [-0.1, -0.05) is 5.16 Å². The normalized spacial score (nSPS) is 12.9. The highest BCUT2D eigenvalue weighted by molar-refractivity contribution is 5.93. The van der Waals surface area contributed by atoms with E-state index in [1.54, 1.807) is 0 Å². The topological polar surface area (TPSA) is 63.3 Å². The molecule has 2 aromatic rings. The first-order chi connectivity index (χ1) is 7.09. The molecule has 0 spiro atoms. The lowest BCUT2D eigenvalue weighted by Crippen LogP contribution is -1.95. The fourth-order valence-electron chi connectivity index (χ4n) is 1.38. The Labute approximate surface area is 84.3 Å². The number of aromatic nitrogens is 1. The smallest absolute Gasteiger partial charge is 0.335 e. The van der Waals surface area contributed by atoms with Gasteiger partial charge in [-0.25, -0.2) is 9.18 Å². The number of carboxylic acid groups (broad SMARTS) is 1. The fraction of sp³-hybridized carbons (Fsp3) is 0.200. The van der Waals surface area contributed by atoms with E-state index in [1.165, 1.54) is 25.1 Å². The molecule has 0 fully saturated rings. The van der Waals surface area contributed by atoms with Crippen LogP contribution in [0.15, 0.2) is 22.7 Å². The third-order valence-corrected chi connectivity index (χ3v) is 2.12. The number of rotatable bonds is 2. The number of carbonyl (C=O) groups is 1. The Hall–Kier alpha value is -1.91. The molecule has 15 heavy (non-hydrogen) atoms. The van der Waals surface area contributed by atoms with Crippen LogP contribution in [0.2, 0.25) is 0 Å². The van der Waals surface area contributed by atoms with Crippen molar-refractivity contribution in [2.45, 2.75) is 13.1 Å². The zero-order valence-electron chi connectivity index (χ0n) is 7.90. The molecule has 1 N–H and O–H groups in total. The molecule has 2 rings (SSSR count). The average Bonchev–Trinajstić information content (AvgIpc) is 2.59. The number of fused-ring (bicyclic) bond motifs is 1. The Bertz CT molecular complexity index is 518. The predicted octanol–water partition coefficient (Wildman–Crippen LogP) is 2.56. The lowest BCUT2D eigenvalue weighted by molar-refractivity contribution is 0.0697. The summed E-state index contributed by atoms with van der Waals surface area (Å²) in [5.41, 5.74) is 0.611. The summed E-state index contributed by atoms with van der Waals surface area (Å²) in [4.78, 5) is 10.7. The van der Waals surface area contributed by atoms with Crippen molar-refractivity contribution in [3.05, 3.63) is 29.5 Å². The number of benzene rings is 1. The number of alkyl halides is 1. The molecule has 0 aliphatic rings. The molecule has 4 nitrogen and oxygen atoms in total. The summed E-state index contributed by atoms with van der Waals surface area (Å²) in [7, 11) is 0. The Balaban J connectivity index is 2.66. The second kappa shape index (κ2) is 3.34. The average molecular weight is 209 g/mol. The van der Waals surface area contributed by atoms with Crippen LogP contribution in [0.5, 0.6) is 0 Å². The van der Waals surface area contributed by atoms with Gasteiger partial charge in [0, 0.05) is 5.39 Å². The van der Waals surface area contributed by atoms with E-state index in [-0.39, 0.29) is 11.3 Å². The van der Waals surface area contributed by atoms with Crippen molar-refractivity contribution < 1.29 is 18.8 Å². The molecule has 0 saturated carbocycles. The minimum Gasteiger partial charge on any atom is -0.478 e. The maximum atomic E-state index is 13.1. The molecular formula is C10H8FNO3. The Morgan fingerprint density at radius 3 is 2.93 bits per heavy atom. The van der Waals surface area contributed by atoms with Gasteiger partial charge in [0.15, 0.2) is 5.58 Å². The van der Waals surface area contributed by atoms with Crippen LogP contribution in [0.1, 0.15) is 29.1 Å². The third kappa shape index (κ3) is 1.56. The molecule has 0 aliphatic carbocycles. The zero-order valence-corrected chi connectivity index (χ0v) is 7.90. The second-order valence-corrected chi connectivity index (χ2v) is 3.20. The van der Waals surface area contributed by atoms with Gasteiger partial charge in [0.2, 0.25) is 0 Å². The first kappa shape index (κ1) is 9.64. The van der Waals surface area contributed by atoms with E-state index < -0.39 is 12.1 Å². The molecule has 1 aromatic heterocycles. The van der Waals surface area contributed by atoms with Crippen molar-refractivity contribution >= 4 is 16.9 Å². The van der Waals surface area contributed by atoms with E-state index in [1.807, 2.05) is 0 Å². The van der Waals surface area contributed by atoms with Crippen molar-refractivity contribution in [2.75, 3.05) is 0 Å². The van der Waals surface area contributed by atoms with Crippen molar-refractivity contribution in [3.8, 4) is 0 Å². The van der Waals surface area contributed by atoms with Crippen LogP contribution in [0.4, 0.5) is 4.39 Å². The van der Waals surface area contributed by atoms with Crippen LogP contribution in [-0.4, -0.2) is 16.2 Å². The maximum absolute atomic E-state index is 13.1. The van der Waals surface area contributed by atoms with Crippen molar-refractivity contribution in [3.63, 3.8) is 0 Å². The Morgan fingerprint density at radius 1 is 1.60 bits per heavy atom. The molecule has 78 valence electrons. The molecular weight excluding hydrogens is 201 g/mol. The minimum atomic E-state index is -1.28. The predicted molar refractivity (Wildman–Crippen MR) is 50.5 cm³/mol. The second-order valence-electron chi connectivity index (χ2n) is 3.20. The van der Waals surface area contributed by atoms with Crippen molar-refractivity contribution in [2.24, 2.45) is 0 Å². The number of hydrogen-bond donors (Lipinski definition) is 1. The molecule has 1 atom stereocenters. The lowest BCUT2D eigenvalue weighted by atomic mass is 10.1. The highest BCUT2D eigenvalue weighted by Crippen LogP contribution is 2.26. The molecule has 0 aliphatic heterocycles. The van der Waals surface area contributed by atoms with Gasteiger partial charge in [0.1, 0.15) is 11.9 Å². The number of nitrogens with zero attached hydrogens (tertiary/aromatic N) is 1. The maximum Gasteiger partial charge on any atom is 0.335 e. The molecule has 1 aromatic carbocycles. The summed E-state index contributed by atoms with van der Waals surface area (Å²) in [5, 5.41) is 12.7. The van der Waals surface area contributed by atoms with Gasteiger partial charge in [0.05, 0.1) is 5.56 Å². The van der Waals surface area contributed by atoms with Crippen LogP contribution in [0, 0.1) is 0 Å². The Kier molecular flexibility index (Phi) is 2.15. The monoisotopic (exact) mass is 209 g/mol. The van der Waals surface area contributed by atoms with Crippen molar-refractivity contribution in [1.82, 2.24) is 5.16 Å². The third-order valence-electron chi connectivity index (χ3n) is 2.12. The highest BCUT2D eigenvalue weighted by atomic mass is 19.1. The molecule has 0 bridgehead atoms. The molecule has 0 radical (unpaired) electrons. The van der Waals surface area contributed by atoms with E-state index in [0.29, 0.717) is 11.0 Å². The summed E-state index contributed by atoms with van der Waals surface area (Å²) >= 11 is 0. The van der Waals surface area contributed by atoms with Crippen molar-refractivity contribution in [1.29, 1.82) is 0 Å². The van der Waals surface area contributed by atoms with Crippen LogP contribution in [0.3, 0.4) is 0 Å². The van der Waals surface area contributed by atoms with Gasteiger partial charge in [-0.15, -0.1) is 0 Å². The first-order valence-corrected chi connectivity index (χ1v) is 4.36. The molecule has 0 amide bonds. The minimum absolute atomic E-state index is 0.0904. The zero-order chi connectivity index (χ0) is 11.0. The SMILES string of the molecule is CC(F)c1noc2ccc(C(=O)O)cc12. The molecule has 0 saturated heterocycles. The number of hydrogen-bond acceptors (Lipinski definition) is 3.